The SMILES string of the molecule is CCC[C@@H]1CC[C@H]2[C@@H]3[C@H](O)CCC[C@](O)([C@](C)(O)[C@H]4CC[C@@]5(O)C6=C(NC[C@H](C)O)C(=O)[C@@H]7[C@H]8CC[C@@H]9[C@@H](C%10=C(CCCO)NC(N)C=C%10)C=C[C@@](O)(C[C@]45C4CCC(CCOC5CCCCC5)CC4)[C@@H]6[C@]97C[C@H](O)[C@@H]8O)[C@@H]3O[C@@H]2CC1. The van der Waals surface area contributed by atoms with Gasteiger partial charge in [0.1, 0.15) is 5.60 Å². The Morgan fingerprint density at radius 3 is 2.35 bits per heavy atom. The molecule has 10 aliphatic carbocycles. The van der Waals surface area contributed by atoms with E-state index in [1.54, 1.807) is 13.8 Å². The topological polar surface area (TPSA) is 268 Å². The number of carbonyl (C=O) groups is 1. The fraction of sp³-hybridized carbons (Fsp3) is 0.866. The molecule has 2 heterocycles. The summed E-state index contributed by atoms with van der Waals surface area (Å²) in [6.45, 7) is 6.30. The molecule has 0 amide bonds. The fourth-order valence-electron chi connectivity index (χ4n) is 22.3. The molecule has 0 aromatic carbocycles. The highest BCUT2D eigenvalue weighted by molar-refractivity contribution is 6.00. The highest BCUT2D eigenvalue weighted by Gasteiger charge is 2.82. The summed E-state index contributed by atoms with van der Waals surface area (Å²) in [5.41, 5.74) is -1.15. The molecule has 0 aromatic heterocycles. The highest BCUT2D eigenvalue weighted by Crippen LogP contribution is 2.79. The second-order valence-electron chi connectivity index (χ2n) is 29.7. The number of dihydropyridines is 1. The number of allylic oxidation sites excluding steroid dienone is 5. The molecular weight excluding hydrogens is 1040 g/mol. The van der Waals surface area contributed by atoms with E-state index in [1.165, 1.54) is 19.3 Å². The Morgan fingerprint density at radius 1 is 0.878 bits per heavy atom. The third-order valence-electron chi connectivity index (χ3n) is 25.6. The molecule has 12 aliphatic rings. The van der Waals surface area contributed by atoms with Gasteiger partial charge in [0.25, 0.3) is 0 Å². The van der Waals surface area contributed by atoms with Gasteiger partial charge in [-0.15, -0.1) is 0 Å². The number of ether oxygens (including phenoxy) is 2. The molecule has 1 spiro atoms. The first kappa shape index (κ1) is 60.1. The van der Waals surface area contributed by atoms with Crippen LogP contribution in [0.15, 0.2) is 46.8 Å². The third kappa shape index (κ3) is 9.48. The molecule has 15 heteroatoms. The summed E-state index contributed by atoms with van der Waals surface area (Å²) in [6.07, 6.45) is 22.1. The van der Waals surface area contributed by atoms with E-state index in [0.717, 1.165) is 81.9 Å². The Morgan fingerprint density at radius 2 is 1.61 bits per heavy atom. The van der Waals surface area contributed by atoms with E-state index in [4.69, 9.17) is 15.2 Å². The van der Waals surface area contributed by atoms with Crippen molar-refractivity contribution >= 4 is 5.78 Å². The molecule has 1 saturated heterocycles. The highest BCUT2D eigenvalue weighted by atomic mass is 16.5. The molecule has 460 valence electrons. The van der Waals surface area contributed by atoms with Crippen LogP contribution in [0.5, 0.6) is 0 Å². The predicted molar refractivity (Wildman–Crippen MR) is 311 cm³/mol. The van der Waals surface area contributed by atoms with Crippen LogP contribution < -0.4 is 16.4 Å². The van der Waals surface area contributed by atoms with Crippen LogP contribution in [-0.4, -0.2) is 143 Å². The van der Waals surface area contributed by atoms with Crippen molar-refractivity contribution in [2.45, 2.75) is 265 Å². The maximum Gasteiger partial charge on any atom is 0.182 e. The van der Waals surface area contributed by atoms with Gasteiger partial charge in [-0.1, -0.05) is 76.5 Å². The summed E-state index contributed by atoms with van der Waals surface area (Å²) in [5, 5.41) is 124. The second kappa shape index (κ2) is 23.0. The molecule has 15 nitrogen and oxygen atoms in total. The number of carbonyl (C=O) groups excluding carboxylic acids is 1. The van der Waals surface area contributed by atoms with E-state index < -0.39 is 105 Å². The van der Waals surface area contributed by atoms with Gasteiger partial charge in [-0.3, -0.25) is 4.79 Å². The number of ketones is 1. The van der Waals surface area contributed by atoms with E-state index in [2.05, 4.69) is 23.6 Å². The van der Waals surface area contributed by atoms with Crippen molar-refractivity contribution in [1.82, 2.24) is 10.6 Å². The van der Waals surface area contributed by atoms with Gasteiger partial charge in [-0.2, -0.15) is 0 Å². The van der Waals surface area contributed by atoms with Crippen molar-refractivity contribution < 1.29 is 60.2 Å². The van der Waals surface area contributed by atoms with Gasteiger partial charge in [-0.05, 0) is 200 Å². The maximum absolute atomic E-state index is 16.5. The minimum atomic E-state index is -1.95. The molecule has 1 unspecified atom stereocenters. The minimum Gasteiger partial charge on any atom is -0.396 e. The maximum atomic E-state index is 16.5. The quantitative estimate of drug-likeness (QED) is 0.0722. The molecule has 2 bridgehead atoms. The van der Waals surface area contributed by atoms with Gasteiger partial charge in [0, 0.05) is 54.5 Å². The monoisotopic (exact) mass is 1140 g/mol. The summed E-state index contributed by atoms with van der Waals surface area (Å²) in [6, 6.07) is 0. The normalized spacial score (nSPS) is 48.4. The molecule has 0 aromatic rings. The average molecular weight is 1140 g/mol. The van der Waals surface area contributed by atoms with Gasteiger partial charge in [0.15, 0.2) is 5.78 Å². The number of aliphatic hydroxyl groups excluding tert-OH is 5. The number of nitrogens with two attached hydrogens (primary N) is 1. The van der Waals surface area contributed by atoms with Gasteiger partial charge in [0.2, 0.25) is 0 Å². The summed E-state index contributed by atoms with van der Waals surface area (Å²) in [4.78, 5) is 16.5. The third-order valence-corrected chi connectivity index (χ3v) is 25.6. The molecule has 8 saturated carbocycles. The lowest BCUT2D eigenvalue weighted by molar-refractivity contribution is -0.282. The van der Waals surface area contributed by atoms with Crippen molar-refractivity contribution in [3.05, 3.63) is 46.8 Å². The summed E-state index contributed by atoms with van der Waals surface area (Å²) >= 11 is 0. The molecule has 0 radical (unpaired) electrons. The van der Waals surface area contributed by atoms with Gasteiger partial charge < -0.3 is 71.8 Å². The summed E-state index contributed by atoms with van der Waals surface area (Å²) in [7, 11) is 0. The zero-order valence-corrected chi connectivity index (χ0v) is 49.8. The lowest BCUT2D eigenvalue weighted by Crippen LogP contribution is -2.76. The fourth-order valence-corrected chi connectivity index (χ4v) is 22.3. The van der Waals surface area contributed by atoms with Crippen LogP contribution in [0.2, 0.25) is 0 Å². The number of hydrogen-bond acceptors (Lipinski definition) is 15. The van der Waals surface area contributed by atoms with E-state index in [9.17, 15) is 40.9 Å². The van der Waals surface area contributed by atoms with Crippen molar-refractivity contribution in [2.75, 3.05) is 19.8 Å². The zero-order chi connectivity index (χ0) is 57.7. The molecule has 22 atom stereocenters. The Bertz CT molecular complexity index is 2450. The van der Waals surface area contributed by atoms with Gasteiger partial charge >= 0.3 is 0 Å². The number of rotatable bonds is 16. The van der Waals surface area contributed by atoms with E-state index >= 15 is 9.90 Å². The second-order valence-corrected chi connectivity index (χ2v) is 29.7. The van der Waals surface area contributed by atoms with Crippen LogP contribution in [0.1, 0.15) is 194 Å². The van der Waals surface area contributed by atoms with Crippen LogP contribution >= 0.6 is 0 Å². The molecule has 2 aliphatic heterocycles. The smallest absolute Gasteiger partial charge is 0.182 e. The summed E-state index contributed by atoms with van der Waals surface area (Å²) in [5.74, 6) is -4.12. The van der Waals surface area contributed by atoms with Crippen LogP contribution in [0.4, 0.5) is 0 Å². The van der Waals surface area contributed by atoms with Gasteiger partial charge in [0.05, 0.1) is 71.4 Å². The van der Waals surface area contributed by atoms with Crippen LogP contribution in [-0.2, 0) is 14.3 Å². The zero-order valence-electron chi connectivity index (χ0n) is 49.8. The predicted octanol–water partition coefficient (Wildman–Crippen LogP) is 6.65. The first-order valence-electron chi connectivity index (χ1n) is 33.4. The van der Waals surface area contributed by atoms with Crippen molar-refractivity contribution in [3.63, 3.8) is 0 Å². The van der Waals surface area contributed by atoms with E-state index in [1.807, 2.05) is 18.2 Å². The standard InChI is InChI=1S/C67H105N3O12/c1-4-10-39-17-21-45-51(25-18-39)82-61-54(45)49(73)14-8-30-67(61,80)62(3,77)52-28-32-66(79)56-57(69-36-38(2)72)59(76)55-46-22-24-47-43(44-23-26-53(68)70-48(44)13-9-33-71)27-31-63(78,60(56)64(47,55)35-50(74)58(46)75)37-65(52,66)41-19-15-40(16-20-41)29-34-81-42-11-6-5-7-12-42/h23,26-27,31,38-43,45-47,49-55,58,60-61,69-75,77-80H,4-22,24-25,28-30,32-37,68H2,1-3H3/t38-,39+,40?,41?,43+,45+,46+,47+,49+,50-,51+,52+,53?,54+,55-,58+,60+,61+,62+,63+,64+,65-,66+,67+/m0/s1. The van der Waals surface area contributed by atoms with Crippen LogP contribution in [0.25, 0.3) is 0 Å². The lowest BCUT2D eigenvalue weighted by Gasteiger charge is -2.71. The number of hydrogen-bond donors (Lipinski definition) is 12. The molecule has 82 heavy (non-hydrogen) atoms. The lowest BCUT2D eigenvalue weighted by atomic mass is 9.34. The largest absolute Gasteiger partial charge is 0.396 e. The number of nitrogens with one attached hydrogen (secondary N) is 2. The molecular formula is C67H105N3O12. The van der Waals surface area contributed by atoms with E-state index in [0.29, 0.717) is 81.5 Å². The first-order valence-corrected chi connectivity index (χ1v) is 33.4. The van der Waals surface area contributed by atoms with E-state index in [-0.39, 0.29) is 80.6 Å². The average Bonchev–Trinajstić information content (AvgIpc) is 1.28. The van der Waals surface area contributed by atoms with Crippen LogP contribution in [0, 0.1) is 75.9 Å². The molecule has 13 N–H and O–H groups in total. The Kier molecular flexibility index (Phi) is 16.9. The molecule has 9 fully saturated rings. The van der Waals surface area contributed by atoms with Crippen molar-refractivity contribution in [1.29, 1.82) is 0 Å². The Balaban J connectivity index is 1.03. The number of Topliss-reactive ketones (excluding diaryl/α,β-unsaturated/α-hetero) is 1. The summed E-state index contributed by atoms with van der Waals surface area (Å²) < 4.78 is 13.8. The number of fused-ring (bicyclic) bond motifs is 5. The Labute approximate surface area is 488 Å². The van der Waals surface area contributed by atoms with Crippen molar-refractivity contribution in [2.24, 2.45) is 81.7 Å². The Hall–Kier alpha value is -2.25. The minimum absolute atomic E-state index is 0.00224. The van der Waals surface area contributed by atoms with Crippen LogP contribution in [0.3, 0.4) is 0 Å². The molecule has 12 rings (SSSR count). The van der Waals surface area contributed by atoms with Crippen molar-refractivity contribution in [3.8, 4) is 0 Å². The number of aliphatic hydroxyl groups is 9. The first-order chi connectivity index (χ1) is 39.3. The van der Waals surface area contributed by atoms with Gasteiger partial charge in [-0.25, -0.2) is 0 Å².